The number of aliphatic imine (C=N–C) groups is 1. The molecule has 2 heteroatoms. The first kappa shape index (κ1) is 35.8. The van der Waals surface area contributed by atoms with Gasteiger partial charge in [-0.25, -0.2) is 0 Å². The minimum absolute atomic E-state index is 0.0658. The number of nitrogens with zero attached hydrogens (tertiary/aromatic N) is 1. The van der Waals surface area contributed by atoms with Crippen molar-refractivity contribution in [3.05, 3.63) is 216 Å². The van der Waals surface area contributed by atoms with Gasteiger partial charge < -0.3 is 4.42 Å². The fourth-order valence-corrected chi connectivity index (χ4v) is 9.53. The van der Waals surface area contributed by atoms with Crippen LogP contribution in [0, 0.1) is 5.92 Å². The zero-order valence-electron chi connectivity index (χ0n) is 34.0. The van der Waals surface area contributed by atoms with Gasteiger partial charge in [-0.1, -0.05) is 170 Å². The van der Waals surface area contributed by atoms with Crippen molar-refractivity contribution >= 4 is 71.2 Å². The van der Waals surface area contributed by atoms with Gasteiger partial charge in [0.15, 0.2) is 0 Å². The van der Waals surface area contributed by atoms with E-state index in [4.69, 9.17) is 9.41 Å². The monoisotopic (exact) mass is 769 g/mol. The van der Waals surface area contributed by atoms with E-state index in [9.17, 15) is 0 Å². The molecule has 1 aliphatic rings. The van der Waals surface area contributed by atoms with Crippen molar-refractivity contribution in [2.45, 2.75) is 27.2 Å². The van der Waals surface area contributed by atoms with Gasteiger partial charge in [0.1, 0.15) is 11.2 Å². The van der Waals surface area contributed by atoms with Crippen LogP contribution in [0.3, 0.4) is 0 Å². The first-order chi connectivity index (χ1) is 29.5. The molecule has 11 rings (SSSR count). The Balaban J connectivity index is 1.08. The van der Waals surface area contributed by atoms with Gasteiger partial charge in [-0.15, -0.1) is 0 Å². The average molecular weight is 770 g/mol. The van der Waals surface area contributed by atoms with Crippen LogP contribution in [0.1, 0.15) is 43.9 Å². The molecule has 0 radical (unpaired) electrons. The molecule has 0 bridgehead atoms. The number of hydrogen-bond donors (Lipinski definition) is 0. The van der Waals surface area contributed by atoms with Crippen LogP contribution < -0.4 is 0 Å². The summed E-state index contributed by atoms with van der Waals surface area (Å²) in [5, 5.41) is 9.56. The minimum Gasteiger partial charge on any atom is -0.456 e. The van der Waals surface area contributed by atoms with E-state index in [0.29, 0.717) is 0 Å². The molecule has 0 saturated heterocycles. The molecule has 0 spiro atoms. The highest BCUT2D eigenvalue weighted by Gasteiger charge is 2.26. The lowest BCUT2D eigenvalue weighted by Gasteiger charge is -2.26. The zero-order valence-corrected chi connectivity index (χ0v) is 34.0. The summed E-state index contributed by atoms with van der Waals surface area (Å²) in [5.41, 5.74) is 16.1. The maximum absolute atomic E-state index is 6.65. The third-order valence-electron chi connectivity index (χ3n) is 12.8. The molecule has 2 nitrogen and oxygen atoms in total. The van der Waals surface area contributed by atoms with Gasteiger partial charge in [0.25, 0.3) is 0 Å². The van der Waals surface area contributed by atoms with Crippen molar-refractivity contribution in [1.29, 1.82) is 0 Å². The van der Waals surface area contributed by atoms with Gasteiger partial charge in [-0.2, -0.15) is 0 Å². The number of fused-ring (bicyclic) bond motifs is 6. The summed E-state index contributed by atoms with van der Waals surface area (Å²) in [4.78, 5) is 5.76. The van der Waals surface area contributed by atoms with Crippen molar-refractivity contribution in [2.75, 3.05) is 0 Å². The quantitative estimate of drug-likeness (QED) is 0.171. The van der Waals surface area contributed by atoms with Gasteiger partial charge in [-0.3, -0.25) is 4.99 Å². The molecule has 2 heterocycles. The molecule has 0 saturated carbocycles. The first-order valence-corrected chi connectivity index (χ1v) is 21.0. The van der Waals surface area contributed by atoms with Crippen LogP contribution in [0.15, 0.2) is 209 Å². The van der Waals surface area contributed by atoms with Gasteiger partial charge in [-0.05, 0) is 122 Å². The van der Waals surface area contributed by atoms with E-state index in [2.05, 4.69) is 209 Å². The second-order valence-electron chi connectivity index (χ2n) is 16.4. The molecule has 1 unspecified atom stereocenters. The number of furan rings is 1. The van der Waals surface area contributed by atoms with Crippen molar-refractivity contribution in [3.8, 4) is 22.3 Å². The van der Waals surface area contributed by atoms with E-state index >= 15 is 0 Å². The molecular weight excluding hydrogens is 727 g/mol. The fourth-order valence-electron chi connectivity index (χ4n) is 9.53. The van der Waals surface area contributed by atoms with Gasteiger partial charge in [0.2, 0.25) is 0 Å². The lowest BCUT2D eigenvalue weighted by molar-refractivity contribution is 0.669. The van der Waals surface area contributed by atoms with Crippen LogP contribution in [-0.4, -0.2) is 5.71 Å². The summed E-state index contributed by atoms with van der Waals surface area (Å²) >= 11 is 0. The molecule has 286 valence electrons. The molecule has 0 N–H and O–H groups in total. The molecule has 0 aliphatic carbocycles. The van der Waals surface area contributed by atoms with Crippen molar-refractivity contribution in [1.82, 2.24) is 0 Å². The second-order valence-corrected chi connectivity index (χ2v) is 16.4. The third-order valence-corrected chi connectivity index (χ3v) is 12.8. The first-order valence-electron chi connectivity index (χ1n) is 21.0. The van der Waals surface area contributed by atoms with E-state index in [1.54, 1.807) is 0 Å². The molecule has 1 aromatic heterocycles. The summed E-state index contributed by atoms with van der Waals surface area (Å²) in [5.74, 6) is 0.0658. The molecule has 0 fully saturated rings. The second kappa shape index (κ2) is 14.5. The summed E-state index contributed by atoms with van der Waals surface area (Å²) in [6, 6.07) is 68.1. The third kappa shape index (κ3) is 6.07. The van der Waals surface area contributed by atoms with E-state index < -0.39 is 0 Å². The smallest absolute Gasteiger partial charge is 0.136 e. The van der Waals surface area contributed by atoms with E-state index in [0.717, 1.165) is 62.0 Å². The lowest BCUT2D eigenvalue weighted by Crippen LogP contribution is -2.18. The van der Waals surface area contributed by atoms with Gasteiger partial charge in [0, 0.05) is 27.8 Å². The van der Waals surface area contributed by atoms with Crippen LogP contribution in [0.2, 0.25) is 0 Å². The predicted octanol–water partition coefficient (Wildman–Crippen LogP) is 16.1. The normalized spacial score (nSPS) is 17.4. The van der Waals surface area contributed by atoms with Crippen molar-refractivity contribution < 1.29 is 4.42 Å². The Bertz CT molecular complexity index is 3430. The van der Waals surface area contributed by atoms with Gasteiger partial charge in [0.05, 0.1) is 11.4 Å². The maximum atomic E-state index is 6.65. The van der Waals surface area contributed by atoms with E-state index in [-0.39, 0.29) is 5.92 Å². The lowest BCUT2D eigenvalue weighted by atomic mass is 9.81. The van der Waals surface area contributed by atoms with Crippen LogP contribution in [0.25, 0.3) is 87.8 Å². The Hall–Kier alpha value is -7.29. The number of benzene rings is 9. The Morgan fingerprint density at radius 3 is 1.80 bits per heavy atom. The number of rotatable bonds is 5. The van der Waals surface area contributed by atoms with E-state index in [1.165, 1.54) is 65.7 Å². The topological polar surface area (TPSA) is 25.5 Å². The molecule has 60 heavy (non-hydrogen) atoms. The standard InChI is InChI=1S/C58H43NO/c1-36-32-53(41-16-5-4-6-17-41)37(2)38(3)58(59-57(36)46-27-25-40-15-8-10-19-43(40)34-46)51-31-30-49(47-20-11-12-21-48(47)51)50-22-13-23-54-56(50)52-29-28-45(35-55(52)60-54)44-26-24-39-14-7-9-18-42(39)33-44/h4-31,33-35,38H,32H2,1-3H3/b53-37+,57-36-,59-58?. The largest absolute Gasteiger partial charge is 0.456 e. The molecule has 9 aromatic carbocycles. The van der Waals surface area contributed by atoms with Crippen molar-refractivity contribution in [3.63, 3.8) is 0 Å². The molecule has 0 amide bonds. The molecular formula is C58H43NO. The Morgan fingerprint density at radius 1 is 0.450 bits per heavy atom. The summed E-state index contributed by atoms with van der Waals surface area (Å²) < 4.78 is 6.65. The zero-order chi connectivity index (χ0) is 40.3. The van der Waals surface area contributed by atoms with Crippen molar-refractivity contribution in [2.24, 2.45) is 10.9 Å². The highest BCUT2D eigenvalue weighted by molar-refractivity contribution is 6.20. The highest BCUT2D eigenvalue weighted by atomic mass is 16.3. The predicted molar refractivity (Wildman–Crippen MR) is 255 cm³/mol. The maximum Gasteiger partial charge on any atom is 0.136 e. The molecule has 1 atom stereocenters. The van der Waals surface area contributed by atoms with E-state index in [1.807, 2.05) is 0 Å². The fraction of sp³-hybridized carbons (Fsp3) is 0.0862. The Labute approximate surface area is 350 Å². The van der Waals surface area contributed by atoms with Gasteiger partial charge >= 0.3 is 0 Å². The summed E-state index contributed by atoms with van der Waals surface area (Å²) in [7, 11) is 0. The Kier molecular flexibility index (Phi) is 8.67. The summed E-state index contributed by atoms with van der Waals surface area (Å²) in [6.07, 6.45) is 0.839. The molecule has 1 aliphatic heterocycles. The minimum atomic E-state index is 0.0658. The van der Waals surface area contributed by atoms with Crippen LogP contribution in [-0.2, 0) is 0 Å². The summed E-state index contributed by atoms with van der Waals surface area (Å²) in [6.45, 7) is 6.91. The average Bonchev–Trinajstić information content (AvgIpc) is 3.68. The van der Waals surface area contributed by atoms with Crippen LogP contribution in [0.4, 0.5) is 0 Å². The van der Waals surface area contributed by atoms with Crippen LogP contribution >= 0.6 is 0 Å². The number of hydrogen-bond acceptors (Lipinski definition) is 2. The SMILES string of the molecule is C/C1=C(\c2ccc3ccccc3c2)N=C(c2ccc(-c3cccc4oc5cc(-c6ccc7ccccc7c6)ccc5c34)c3ccccc23)C(C)/C(C)=C(/c2ccccc2)C1. The number of allylic oxidation sites excluding steroid dienone is 3. The van der Waals surface area contributed by atoms with Crippen LogP contribution in [0.5, 0.6) is 0 Å². The molecule has 10 aromatic rings. The Morgan fingerprint density at radius 2 is 1.05 bits per heavy atom. The highest BCUT2D eigenvalue weighted by Crippen LogP contribution is 2.43.